The molecule has 6 heterocycles. The molecule has 0 spiro atoms. The number of aliphatic hydroxyl groups is 2. The minimum atomic E-state index is -4.39. The number of amides is 2. The number of ether oxygens (including phenoxy) is 9. The Bertz CT molecular complexity index is 3130. The highest BCUT2D eigenvalue weighted by Crippen LogP contribution is 2.35. The molecule has 2 unspecified atom stereocenters. The standard InChI is InChI=1S/C28H35N3O11S.C28H37N3O9S.C4H8O2/c32-25(17-30(42-21-10-13-38-14-11-21)43(36,37)22-8-6-20(7-9-22)31(34)35)24(16-19-4-2-1-3-5-19)29-28(33)41-26-18-40-27-23(26)12-15-39-27;29-20-6-8-22(9-7-20)41(34,35)31(40-21-10-13-36-14-11-21)17-25(32)24(16-19-4-2-1-3-5-19)30-28(33)39-26-18-38-27-23(26)12-15-37-27;1-3-6-4(2)5/h1-9,21,23-27,32H,10-18H2,(H,29,33);1-9,21,23-27,32H,10-18,29H2,(H,30,33);3H2,1-2H3/t2*23-,24-,25+,26?,27+;/m00./s1. The molecule has 0 bridgehead atoms. The van der Waals surface area contributed by atoms with E-state index in [0.717, 1.165) is 46.3 Å². The van der Waals surface area contributed by atoms with E-state index in [1.54, 1.807) is 6.92 Å². The summed E-state index contributed by atoms with van der Waals surface area (Å²) in [6, 6.07) is 26.6. The van der Waals surface area contributed by atoms with Crippen LogP contribution in [-0.4, -0.2) is 193 Å². The third-order valence-corrected chi connectivity index (χ3v) is 18.8. The molecule has 90 heavy (non-hydrogen) atoms. The number of nitrogens with two attached hydrogens (primary N) is 1. The largest absolute Gasteiger partial charge is 0.466 e. The summed E-state index contributed by atoms with van der Waals surface area (Å²) in [6.45, 7) is 5.76. The molecule has 4 aromatic rings. The third kappa shape index (κ3) is 20.0. The monoisotopic (exact) mass is 1300 g/mol. The molecule has 10 rings (SSSR count). The van der Waals surface area contributed by atoms with Crippen molar-refractivity contribution in [3.05, 3.63) is 130 Å². The van der Waals surface area contributed by atoms with Crippen LogP contribution < -0.4 is 16.4 Å². The van der Waals surface area contributed by atoms with Crippen molar-refractivity contribution in [2.75, 3.05) is 78.3 Å². The van der Waals surface area contributed by atoms with Gasteiger partial charge in [-0.05, 0) is 106 Å². The van der Waals surface area contributed by atoms with Crippen LogP contribution in [0.25, 0.3) is 0 Å². The zero-order valence-electron chi connectivity index (χ0n) is 50.1. The van der Waals surface area contributed by atoms with Crippen LogP contribution in [0.15, 0.2) is 119 Å². The van der Waals surface area contributed by atoms with Gasteiger partial charge >= 0.3 is 18.2 Å². The number of non-ortho nitro benzene ring substituents is 1. The first-order valence-electron chi connectivity index (χ1n) is 29.9. The molecule has 6 aliphatic heterocycles. The van der Waals surface area contributed by atoms with Gasteiger partial charge in [-0.3, -0.25) is 24.6 Å². The molecular weight excluding hydrogens is 1220 g/mol. The molecule has 4 aromatic carbocycles. The molecule has 6 saturated heterocycles. The van der Waals surface area contributed by atoms with Gasteiger partial charge in [0, 0.05) is 51.2 Å². The molecule has 30 heteroatoms. The summed E-state index contributed by atoms with van der Waals surface area (Å²) in [5, 5.41) is 39.5. The number of anilines is 1. The van der Waals surface area contributed by atoms with Crippen LogP contribution in [0.2, 0.25) is 0 Å². The van der Waals surface area contributed by atoms with Crippen molar-refractivity contribution >= 4 is 49.6 Å². The first kappa shape index (κ1) is 69.4. The van der Waals surface area contributed by atoms with Crippen molar-refractivity contribution < 1.29 is 98.7 Å². The Morgan fingerprint density at radius 3 is 1.38 bits per heavy atom. The van der Waals surface area contributed by atoms with Crippen LogP contribution in [0.1, 0.15) is 63.5 Å². The Morgan fingerprint density at radius 2 is 1.01 bits per heavy atom. The normalized spacial score (nSPS) is 23.1. The van der Waals surface area contributed by atoms with E-state index in [9.17, 15) is 51.5 Å². The number of nitrogens with zero attached hydrogens (tertiary/aromatic N) is 3. The Kier molecular flexibility index (Phi) is 26.0. The maximum absolute atomic E-state index is 13.7. The highest BCUT2D eigenvalue weighted by atomic mass is 32.2. The van der Waals surface area contributed by atoms with E-state index in [2.05, 4.69) is 15.4 Å². The molecule has 0 saturated carbocycles. The summed E-state index contributed by atoms with van der Waals surface area (Å²) in [6.07, 6.45) is -3.38. The molecule has 10 atom stereocenters. The van der Waals surface area contributed by atoms with E-state index in [4.69, 9.17) is 53.3 Å². The number of hydrogen-bond donors (Lipinski definition) is 5. The molecule has 0 aliphatic carbocycles. The van der Waals surface area contributed by atoms with Gasteiger partial charge in [-0.2, -0.15) is 0 Å². The minimum absolute atomic E-state index is 0.0347. The number of hydrogen-bond acceptors (Lipinski definition) is 23. The summed E-state index contributed by atoms with van der Waals surface area (Å²) >= 11 is 0. The Morgan fingerprint density at radius 1 is 0.611 bits per heavy atom. The molecule has 6 fully saturated rings. The number of carbonyl (C=O) groups is 3. The number of nitro benzene ring substituents is 1. The summed E-state index contributed by atoms with van der Waals surface area (Å²) in [4.78, 5) is 57.9. The number of aliphatic hydroxyl groups excluding tert-OH is 2. The quantitative estimate of drug-likeness (QED) is 0.0211. The van der Waals surface area contributed by atoms with Crippen LogP contribution in [0.3, 0.4) is 0 Å². The maximum atomic E-state index is 13.7. The highest BCUT2D eigenvalue weighted by molar-refractivity contribution is 7.89. The lowest BCUT2D eigenvalue weighted by molar-refractivity contribution is -0.384. The van der Waals surface area contributed by atoms with Gasteiger partial charge in [-0.15, -0.1) is 0 Å². The predicted octanol–water partition coefficient (Wildman–Crippen LogP) is 4.56. The number of nitrogens with one attached hydrogen (secondary N) is 2. The van der Waals surface area contributed by atoms with Crippen LogP contribution in [0.4, 0.5) is 21.0 Å². The van der Waals surface area contributed by atoms with Gasteiger partial charge in [0.25, 0.3) is 25.7 Å². The second-order valence-corrected chi connectivity index (χ2v) is 25.7. The lowest BCUT2D eigenvalue weighted by Crippen LogP contribution is -2.52. The number of nitro groups is 1. The molecule has 0 radical (unpaired) electrons. The number of fused-ring (bicyclic) bond motifs is 2. The lowest BCUT2D eigenvalue weighted by atomic mass is 10.0. The number of sulfonamides is 2. The second-order valence-electron chi connectivity index (χ2n) is 22.0. The highest BCUT2D eigenvalue weighted by Gasteiger charge is 2.46. The van der Waals surface area contributed by atoms with Gasteiger partial charge in [0.1, 0.15) is 12.2 Å². The van der Waals surface area contributed by atoms with Crippen molar-refractivity contribution in [2.45, 2.75) is 136 Å². The van der Waals surface area contributed by atoms with E-state index in [1.165, 1.54) is 31.2 Å². The van der Waals surface area contributed by atoms with Crippen molar-refractivity contribution in [3.63, 3.8) is 0 Å². The molecule has 6 N–H and O–H groups in total. The molecule has 2 amide bonds. The summed E-state index contributed by atoms with van der Waals surface area (Å²) in [5.74, 6) is -0.345. The van der Waals surface area contributed by atoms with Gasteiger partial charge in [0.2, 0.25) is 0 Å². The van der Waals surface area contributed by atoms with Crippen molar-refractivity contribution in [2.24, 2.45) is 11.8 Å². The van der Waals surface area contributed by atoms with E-state index in [-0.39, 0.29) is 65.6 Å². The summed E-state index contributed by atoms with van der Waals surface area (Å²) in [5.41, 5.74) is 7.52. The van der Waals surface area contributed by atoms with Crippen molar-refractivity contribution in [1.29, 1.82) is 0 Å². The number of rotatable bonds is 24. The summed E-state index contributed by atoms with van der Waals surface area (Å²) < 4.78 is 105. The first-order valence-corrected chi connectivity index (χ1v) is 32.8. The fourth-order valence-corrected chi connectivity index (χ4v) is 13.3. The number of nitrogen functional groups attached to an aromatic ring is 1. The average Bonchev–Trinajstić information content (AvgIpc) is 1.94. The number of alkyl carbamates (subject to hydrolysis) is 2. The van der Waals surface area contributed by atoms with E-state index < -0.39 is 105 Å². The van der Waals surface area contributed by atoms with Crippen LogP contribution >= 0.6 is 0 Å². The van der Waals surface area contributed by atoms with Crippen LogP contribution in [0, 0.1) is 22.0 Å². The Balaban J connectivity index is 0.000000213. The molecular formula is C60H80N6O22S2. The third-order valence-electron chi connectivity index (χ3n) is 15.6. The van der Waals surface area contributed by atoms with Gasteiger partial charge < -0.3 is 69.2 Å². The molecule has 494 valence electrons. The number of carbonyl (C=O) groups excluding carboxylic acids is 3. The number of hydroxylamine groups is 2. The van der Waals surface area contributed by atoms with E-state index in [1.807, 2.05) is 60.7 Å². The topological polar surface area (TPSA) is 361 Å². The van der Waals surface area contributed by atoms with Gasteiger partial charge in [-0.25, -0.2) is 26.4 Å². The molecule has 0 aromatic heterocycles. The van der Waals surface area contributed by atoms with Gasteiger partial charge in [0.05, 0.1) is 109 Å². The van der Waals surface area contributed by atoms with Crippen LogP contribution in [-0.2, 0) is 90.0 Å². The number of esters is 1. The smallest absolute Gasteiger partial charge is 0.407 e. The maximum Gasteiger partial charge on any atom is 0.407 e. The lowest BCUT2D eigenvalue weighted by Gasteiger charge is -2.32. The zero-order chi connectivity index (χ0) is 64.2. The number of benzene rings is 4. The van der Waals surface area contributed by atoms with Crippen molar-refractivity contribution in [1.82, 2.24) is 19.6 Å². The fraction of sp³-hybridized carbons (Fsp3) is 0.550. The second kappa shape index (κ2) is 33.7. The van der Waals surface area contributed by atoms with E-state index >= 15 is 0 Å². The Labute approximate surface area is 522 Å². The minimum Gasteiger partial charge on any atom is -0.466 e. The van der Waals surface area contributed by atoms with Gasteiger partial charge in [0.15, 0.2) is 12.6 Å². The first-order chi connectivity index (χ1) is 43.3. The zero-order valence-corrected chi connectivity index (χ0v) is 51.7. The average molecular weight is 1300 g/mol. The van der Waals surface area contributed by atoms with Crippen LogP contribution in [0.5, 0.6) is 0 Å². The SMILES string of the molecule is CCOC(C)=O.Nc1ccc(S(=O)(=O)N(C[C@@H](O)[C@H](Cc2ccccc2)NC(=O)OC2CO[C@H]3OCC[C@@H]23)OC2CCOCC2)cc1.O=C(N[C@@H](Cc1ccccc1)[C@H](O)CN(OC1CCOCC1)S(=O)(=O)c1ccc([N+](=O)[O-])cc1)OC1CO[C@H]2OCC[C@@H]12. The summed E-state index contributed by atoms with van der Waals surface area (Å²) in [7, 11) is -8.58. The molecule has 6 aliphatic rings. The van der Waals surface area contributed by atoms with Gasteiger partial charge in [-0.1, -0.05) is 69.6 Å². The molecule has 28 nitrogen and oxygen atoms in total. The van der Waals surface area contributed by atoms with E-state index in [0.29, 0.717) is 88.5 Å². The fourth-order valence-electron chi connectivity index (χ4n) is 10.7. The predicted molar refractivity (Wildman–Crippen MR) is 318 cm³/mol. The van der Waals surface area contributed by atoms with Crippen molar-refractivity contribution in [3.8, 4) is 0 Å². The Hall–Kier alpha value is -6.49.